The normalized spacial score (nSPS) is 26.7. The average molecular weight is 238 g/mol. The van der Waals surface area contributed by atoms with E-state index >= 15 is 0 Å². The zero-order chi connectivity index (χ0) is 11.6. The van der Waals surface area contributed by atoms with E-state index < -0.39 is 0 Å². The number of hydrogen-bond acceptors (Lipinski definition) is 3. The van der Waals surface area contributed by atoms with Crippen LogP contribution in [0, 0.1) is 13.8 Å². The van der Waals surface area contributed by atoms with Gasteiger partial charge in [-0.1, -0.05) is 12.8 Å². The Kier molecular flexibility index (Phi) is 3.65. The van der Waals surface area contributed by atoms with Gasteiger partial charge in [0.2, 0.25) is 0 Å². The molecule has 1 atom stereocenters. The van der Waals surface area contributed by atoms with E-state index in [2.05, 4.69) is 31.1 Å². The van der Waals surface area contributed by atoms with Crippen molar-refractivity contribution in [3.05, 3.63) is 15.6 Å². The van der Waals surface area contributed by atoms with Gasteiger partial charge in [0.15, 0.2) is 0 Å². The van der Waals surface area contributed by atoms with E-state index in [1.807, 2.05) is 11.3 Å². The first-order valence-corrected chi connectivity index (χ1v) is 7.09. The van der Waals surface area contributed by atoms with Crippen molar-refractivity contribution in [3.8, 4) is 0 Å². The minimum absolute atomic E-state index is 0.271. The predicted molar refractivity (Wildman–Crippen MR) is 70.2 cm³/mol. The third-order valence-electron chi connectivity index (χ3n) is 3.57. The molecular weight excluding hydrogens is 216 g/mol. The molecular formula is C13H22N2S. The molecule has 2 nitrogen and oxygen atoms in total. The Morgan fingerprint density at radius 2 is 2.12 bits per heavy atom. The Balaban J connectivity index is 2.06. The molecule has 2 heterocycles. The zero-order valence-corrected chi connectivity index (χ0v) is 11.4. The Hall–Kier alpha value is -0.410. The fourth-order valence-corrected chi connectivity index (χ4v) is 3.52. The van der Waals surface area contributed by atoms with Crippen LogP contribution in [0.3, 0.4) is 0 Å². The van der Waals surface area contributed by atoms with Crippen molar-refractivity contribution >= 4 is 11.3 Å². The summed E-state index contributed by atoms with van der Waals surface area (Å²) < 4.78 is 0. The molecule has 90 valence electrons. The van der Waals surface area contributed by atoms with Crippen LogP contribution in [0.2, 0.25) is 0 Å². The lowest BCUT2D eigenvalue weighted by Gasteiger charge is -2.28. The van der Waals surface area contributed by atoms with Crippen LogP contribution in [-0.4, -0.2) is 17.1 Å². The summed E-state index contributed by atoms with van der Waals surface area (Å²) >= 11 is 1.86. The van der Waals surface area contributed by atoms with Crippen LogP contribution < -0.4 is 5.32 Å². The van der Waals surface area contributed by atoms with Crippen LogP contribution in [0.15, 0.2) is 0 Å². The van der Waals surface area contributed by atoms with Gasteiger partial charge in [0.05, 0.1) is 10.7 Å². The Morgan fingerprint density at radius 1 is 1.31 bits per heavy atom. The highest BCUT2D eigenvalue weighted by Gasteiger charge is 2.26. The maximum absolute atomic E-state index is 4.66. The van der Waals surface area contributed by atoms with Gasteiger partial charge >= 0.3 is 0 Å². The minimum Gasteiger partial charge on any atom is -0.311 e. The first-order valence-electron chi connectivity index (χ1n) is 6.27. The van der Waals surface area contributed by atoms with Gasteiger partial charge in [0.1, 0.15) is 0 Å². The summed E-state index contributed by atoms with van der Waals surface area (Å²) in [5.74, 6) is 0. The van der Waals surface area contributed by atoms with Crippen molar-refractivity contribution < 1.29 is 0 Å². The molecule has 3 heteroatoms. The SMILES string of the molecule is Cc1nc(CC2(C)CCCCCN2)sc1C. The molecule has 1 fully saturated rings. The quantitative estimate of drug-likeness (QED) is 0.855. The van der Waals surface area contributed by atoms with Crippen molar-refractivity contribution in [1.82, 2.24) is 10.3 Å². The molecule has 1 aromatic heterocycles. The van der Waals surface area contributed by atoms with Crippen LogP contribution in [-0.2, 0) is 6.42 Å². The standard InChI is InChI=1S/C13H22N2S/c1-10-11(2)16-12(15-10)9-13(3)7-5-4-6-8-14-13/h14H,4-9H2,1-3H3. The smallest absolute Gasteiger partial charge is 0.0949 e. The lowest BCUT2D eigenvalue weighted by Crippen LogP contribution is -2.43. The second-order valence-corrected chi connectivity index (χ2v) is 6.51. The molecule has 0 aliphatic carbocycles. The third-order valence-corrected chi connectivity index (χ3v) is 4.64. The molecule has 1 unspecified atom stereocenters. The van der Waals surface area contributed by atoms with E-state index in [1.165, 1.54) is 47.8 Å². The summed E-state index contributed by atoms with van der Waals surface area (Å²) in [5, 5.41) is 5.00. The maximum atomic E-state index is 4.66. The fourth-order valence-electron chi connectivity index (χ4n) is 2.39. The third kappa shape index (κ3) is 2.83. The first-order chi connectivity index (χ1) is 7.59. The van der Waals surface area contributed by atoms with Gasteiger partial charge in [-0.05, 0) is 40.2 Å². The monoisotopic (exact) mass is 238 g/mol. The maximum Gasteiger partial charge on any atom is 0.0949 e. The molecule has 0 amide bonds. The van der Waals surface area contributed by atoms with E-state index in [0.717, 1.165) is 6.42 Å². The van der Waals surface area contributed by atoms with E-state index in [4.69, 9.17) is 0 Å². The van der Waals surface area contributed by atoms with Crippen LogP contribution in [0.1, 0.15) is 48.2 Å². The van der Waals surface area contributed by atoms with E-state index in [0.29, 0.717) is 0 Å². The van der Waals surface area contributed by atoms with Gasteiger partial charge in [-0.15, -0.1) is 11.3 Å². The van der Waals surface area contributed by atoms with E-state index in [9.17, 15) is 0 Å². The molecule has 0 bridgehead atoms. The average Bonchev–Trinajstić information content (AvgIpc) is 2.42. The number of hydrogen-bond donors (Lipinski definition) is 1. The van der Waals surface area contributed by atoms with Crippen molar-refractivity contribution in [2.45, 2.75) is 58.4 Å². The Labute approximate surface area is 102 Å². The van der Waals surface area contributed by atoms with Gasteiger partial charge in [-0.2, -0.15) is 0 Å². The number of nitrogens with zero attached hydrogens (tertiary/aromatic N) is 1. The van der Waals surface area contributed by atoms with Crippen molar-refractivity contribution in [2.75, 3.05) is 6.54 Å². The highest BCUT2D eigenvalue weighted by Crippen LogP contribution is 2.26. The van der Waals surface area contributed by atoms with Gasteiger partial charge in [-0.25, -0.2) is 4.98 Å². The van der Waals surface area contributed by atoms with Crippen LogP contribution in [0.25, 0.3) is 0 Å². The highest BCUT2D eigenvalue weighted by molar-refractivity contribution is 7.11. The molecule has 2 rings (SSSR count). The van der Waals surface area contributed by atoms with Crippen LogP contribution in [0.4, 0.5) is 0 Å². The summed E-state index contributed by atoms with van der Waals surface area (Å²) in [6, 6.07) is 0. The number of nitrogens with one attached hydrogen (secondary N) is 1. The van der Waals surface area contributed by atoms with Crippen molar-refractivity contribution in [3.63, 3.8) is 0 Å². The largest absolute Gasteiger partial charge is 0.311 e. The summed E-state index contributed by atoms with van der Waals surface area (Å²) in [5.41, 5.74) is 1.48. The topological polar surface area (TPSA) is 24.9 Å². The number of aromatic nitrogens is 1. The van der Waals surface area contributed by atoms with Crippen molar-refractivity contribution in [2.24, 2.45) is 0 Å². The molecule has 1 aliphatic heterocycles. The van der Waals surface area contributed by atoms with E-state index in [1.54, 1.807) is 0 Å². The van der Waals surface area contributed by atoms with Crippen LogP contribution in [0.5, 0.6) is 0 Å². The molecule has 1 aromatic rings. The molecule has 1 saturated heterocycles. The van der Waals surface area contributed by atoms with Crippen LogP contribution >= 0.6 is 11.3 Å². The summed E-state index contributed by atoms with van der Waals surface area (Å²) in [6.45, 7) is 7.79. The first kappa shape index (κ1) is 12.1. The molecule has 0 radical (unpaired) electrons. The summed E-state index contributed by atoms with van der Waals surface area (Å²) in [4.78, 5) is 6.03. The molecule has 0 saturated carbocycles. The minimum atomic E-state index is 0.271. The number of thiazole rings is 1. The zero-order valence-electron chi connectivity index (χ0n) is 10.6. The Morgan fingerprint density at radius 3 is 2.81 bits per heavy atom. The molecule has 16 heavy (non-hydrogen) atoms. The van der Waals surface area contributed by atoms with Gasteiger partial charge < -0.3 is 5.32 Å². The lowest BCUT2D eigenvalue weighted by atomic mass is 9.92. The number of aryl methyl sites for hydroxylation is 2. The Bertz CT molecular complexity index is 329. The lowest BCUT2D eigenvalue weighted by molar-refractivity contribution is 0.345. The second-order valence-electron chi connectivity index (χ2n) is 5.22. The second kappa shape index (κ2) is 4.84. The highest BCUT2D eigenvalue weighted by atomic mass is 32.1. The molecule has 1 aliphatic rings. The van der Waals surface area contributed by atoms with Crippen molar-refractivity contribution in [1.29, 1.82) is 0 Å². The van der Waals surface area contributed by atoms with E-state index in [-0.39, 0.29) is 5.54 Å². The predicted octanol–water partition coefficient (Wildman–Crippen LogP) is 3.22. The van der Waals surface area contributed by atoms with Gasteiger partial charge in [-0.3, -0.25) is 0 Å². The fraction of sp³-hybridized carbons (Fsp3) is 0.769. The summed E-state index contributed by atoms with van der Waals surface area (Å²) in [7, 11) is 0. The summed E-state index contributed by atoms with van der Waals surface area (Å²) in [6.07, 6.45) is 6.42. The number of rotatable bonds is 2. The van der Waals surface area contributed by atoms with Gasteiger partial charge in [0, 0.05) is 16.8 Å². The molecule has 0 spiro atoms. The van der Waals surface area contributed by atoms with Gasteiger partial charge in [0.25, 0.3) is 0 Å². The molecule has 1 N–H and O–H groups in total. The molecule has 0 aromatic carbocycles.